The number of hydrogen-bond acceptors (Lipinski definition) is 4. The Morgan fingerprint density at radius 1 is 0.379 bits per heavy atom. The lowest BCUT2D eigenvalue weighted by Crippen LogP contribution is -2.34. The van der Waals surface area contributed by atoms with Gasteiger partial charge in [0.25, 0.3) is 0 Å². The van der Waals surface area contributed by atoms with Crippen molar-refractivity contribution in [2.45, 2.75) is 5.41 Å². The second-order valence-electron chi connectivity index (χ2n) is 14.2. The largest absolute Gasteiger partial charge is 0.457 e. The SMILES string of the molecule is [C-]#[N+]c1ccc(-c2nc(-c3cccc(-c4ccc5c(c4)C(c4ccccc4)(c4ccccc4)c4ccccc4O5)c3)nc(-c3ccccc3-c3ccccc3)n2)cc1. The van der Waals surface area contributed by atoms with Gasteiger partial charge in [-0.15, -0.1) is 0 Å². The van der Waals surface area contributed by atoms with Gasteiger partial charge in [-0.3, -0.25) is 0 Å². The molecule has 0 saturated heterocycles. The van der Waals surface area contributed by atoms with Crippen molar-refractivity contribution in [2.24, 2.45) is 0 Å². The van der Waals surface area contributed by atoms with Crippen LogP contribution in [0.4, 0.5) is 5.69 Å². The first-order valence-electron chi connectivity index (χ1n) is 19.2. The van der Waals surface area contributed by atoms with Crippen LogP contribution in [0.15, 0.2) is 206 Å². The van der Waals surface area contributed by atoms with E-state index in [1.807, 2.05) is 54.6 Å². The normalized spacial score (nSPS) is 12.4. The van der Waals surface area contributed by atoms with Crippen molar-refractivity contribution in [1.82, 2.24) is 15.0 Å². The Morgan fingerprint density at radius 3 is 1.60 bits per heavy atom. The Kier molecular flexibility index (Phi) is 8.70. The second kappa shape index (κ2) is 14.6. The molecule has 0 bridgehead atoms. The van der Waals surface area contributed by atoms with Gasteiger partial charge in [0.2, 0.25) is 0 Å². The molecule has 0 spiro atoms. The van der Waals surface area contributed by atoms with Crippen LogP contribution < -0.4 is 4.74 Å². The Hall–Kier alpha value is -7.94. The van der Waals surface area contributed by atoms with Gasteiger partial charge in [0.05, 0.1) is 12.0 Å². The van der Waals surface area contributed by atoms with Crippen LogP contribution in [0.5, 0.6) is 11.5 Å². The summed E-state index contributed by atoms with van der Waals surface area (Å²) < 4.78 is 6.68. The monoisotopic (exact) mass is 742 g/mol. The van der Waals surface area contributed by atoms with Crippen LogP contribution in [-0.2, 0) is 5.41 Å². The highest BCUT2D eigenvalue weighted by Crippen LogP contribution is 2.55. The molecule has 1 aliphatic rings. The topological polar surface area (TPSA) is 52.3 Å². The third-order valence-electron chi connectivity index (χ3n) is 10.9. The van der Waals surface area contributed by atoms with Crippen molar-refractivity contribution < 1.29 is 4.74 Å². The number of aromatic nitrogens is 3. The molecule has 0 radical (unpaired) electrons. The molecule has 1 aromatic heterocycles. The van der Waals surface area contributed by atoms with Crippen LogP contribution in [0.1, 0.15) is 22.3 Å². The minimum absolute atomic E-state index is 0.532. The van der Waals surface area contributed by atoms with Crippen molar-refractivity contribution in [3.05, 3.63) is 240 Å². The molecule has 0 aliphatic carbocycles. The van der Waals surface area contributed by atoms with Gasteiger partial charge in [-0.1, -0.05) is 182 Å². The standard InChI is InChI=1S/C53H34N4O/c1-54-43-31-28-37(29-32-43)50-55-51(57-52(56-50)45-25-12-11-24-44(45)36-16-5-2-6-17-36)40-19-15-18-38(34-40)39-30-33-49-47(35-39)53(41-20-7-3-8-21-41,42-22-9-4-10-23-42)46-26-13-14-27-48(46)58-49/h2-35H. The van der Waals surface area contributed by atoms with Crippen molar-refractivity contribution in [1.29, 1.82) is 0 Å². The molecule has 8 aromatic carbocycles. The van der Waals surface area contributed by atoms with Crippen molar-refractivity contribution in [3.8, 4) is 67.9 Å². The maximum absolute atomic E-state index is 7.48. The Balaban J connectivity index is 1.14. The van der Waals surface area contributed by atoms with Crippen LogP contribution in [-0.4, -0.2) is 15.0 Å². The van der Waals surface area contributed by atoms with Gasteiger partial charge in [0.1, 0.15) is 11.5 Å². The Bertz CT molecular complexity index is 2940. The summed E-state index contributed by atoms with van der Waals surface area (Å²) in [6.45, 7) is 7.48. The first-order chi connectivity index (χ1) is 28.7. The van der Waals surface area contributed by atoms with Crippen LogP contribution in [0.2, 0.25) is 0 Å². The molecule has 0 atom stereocenters. The number of fused-ring (bicyclic) bond motifs is 2. The summed E-state index contributed by atoms with van der Waals surface area (Å²) in [5.74, 6) is 3.32. The number of para-hydroxylation sites is 1. The summed E-state index contributed by atoms with van der Waals surface area (Å²) in [5.41, 5.74) is 11.1. The number of ether oxygens (including phenoxy) is 1. The highest BCUT2D eigenvalue weighted by molar-refractivity contribution is 5.82. The molecule has 0 unspecified atom stereocenters. The van der Waals surface area contributed by atoms with Crippen molar-refractivity contribution >= 4 is 5.69 Å². The van der Waals surface area contributed by atoms with Gasteiger partial charge in [0, 0.05) is 27.8 Å². The zero-order valence-corrected chi connectivity index (χ0v) is 31.3. The first kappa shape index (κ1) is 34.5. The van der Waals surface area contributed by atoms with Crippen LogP contribution in [0.3, 0.4) is 0 Å². The summed E-state index contributed by atoms with van der Waals surface area (Å²) in [6, 6.07) is 70.6. The summed E-state index contributed by atoms with van der Waals surface area (Å²) in [6.07, 6.45) is 0. The van der Waals surface area contributed by atoms with Crippen LogP contribution in [0.25, 0.3) is 61.3 Å². The third kappa shape index (κ3) is 6.01. The second-order valence-corrected chi connectivity index (χ2v) is 14.2. The van der Waals surface area contributed by atoms with Gasteiger partial charge >= 0.3 is 0 Å². The number of nitrogens with zero attached hydrogens (tertiary/aromatic N) is 4. The van der Waals surface area contributed by atoms with E-state index in [9.17, 15) is 0 Å². The number of hydrogen-bond donors (Lipinski definition) is 0. The van der Waals surface area contributed by atoms with E-state index >= 15 is 0 Å². The van der Waals surface area contributed by atoms with Crippen molar-refractivity contribution in [3.63, 3.8) is 0 Å². The zero-order chi connectivity index (χ0) is 38.9. The molecule has 58 heavy (non-hydrogen) atoms. The van der Waals surface area contributed by atoms with E-state index in [1.54, 1.807) is 12.1 Å². The molecular weight excluding hydrogens is 709 g/mol. The van der Waals surface area contributed by atoms with E-state index in [4.69, 9.17) is 26.3 Å². The molecular formula is C53H34N4O. The third-order valence-corrected chi connectivity index (χ3v) is 10.9. The summed E-state index contributed by atoms with van der Waals surface area (Å²) in [7, 11) is 0. The Labute approximate surface area is 337 Å². The minimum Gasteiger partial charge on any atom is -0.457 e. The van der Waals surface area contributed by atoms with Crippen molar-refractivity contribution in [2.75, 3.05) is 0 Å². The molecule has 5 nitrogen and oxygen atoms in total. The fourth-order valence-electron chi connectivity index (χ4n) is 8.21. The molecule has 2 heterocycles. The summed E-state index contributed by atoms with van der Waals surface area (Å²) in [5, 5.41) is 0. The molecule has 5 heteroatoms. The van der Waals surface area contributed by atoms with Crippen LogP contribution >= 0.6 is 0 Å². The van der Waals surface area contributed by atoms with Crippen LogP contribution in [0, 0.1) is 6.57 Å². The Morgan fingerprint density at radius 2 is 0.897 bits per heavy atom. The highest BCUT2D eigenvalue weighted by Gasteiger charge is 2.45. The predicted octanol–water partition coefficient (Wildman–Crippen LogP) is 13.2. The number of benzene rings is 8. The van der Waals surface area contributed by atoms with Gasteiger partial charge in [-0.25, -0.2) is 19.8 Å². The molecule has 1 aliphatic heterocycles. The van der Waals surface area contributed by atoms with Gasteiger partial charge < -0.3 is 4.74 Å². The highest BCUT2D eigenvalue weighted by atomic mass is 16.5. The molecule has 272 valence electrons. The average Bonchev–Trinajstić information content (AvgIpc) is 3.31. The van der Waals surface area contributed by atoms with Gasteiger partial charge in [0.15, 0.2) is 23.2 Å². The molecule has 0 fully saturated rings. The smallest absolute Gasteiger partial charge is 0.187 e. The fraction of sp³-hybridized carbons (Fsp3) is 0.0189. The zero-order valence-electron chi connectivity index (χ0n) is 31.3. The molecule has 9 aromatic rings. The minimum atomic E-state index is -0.632. The lowest BCUT2D eigenvalue weighted by molar-refractivity contribution is 0.434. The molecule has 0 N–H and O–H groups in total. The van der Waals surface area contributed by atoms with E-state index in [2.05, 4.69) is 144 Å². The molecule has 10 rings (SSSR count). The van der Waals surface area contributed by atoms with E-state index in [0.29, 0.717) is 23.2 Å². The maximum Gasteiger partial charge on any atom is 0.187 e. The van der Waals surface area contributed by atoms with Gasteiger partial charge in [-0.05, 0) is 57.6 Å². The number of rotatable bonds is 7. The van der Waals surface area contributed by atoms with E-state index in [0.717, 1.165) is 72.7 Å². The quantitative estimate of drug-likeness (QED) is 0.153. The molecule has 0 saturated carbocycles. The first-order valence-corrected chi connectivity index (χ1v) is 19.2. The van der Waals surface area contributed by atoms with E-state index in [1.165, 1.54) is 0 Å². The van der Waals surface area contributed by atoms with E-state index in [-0.39, 0.29) is 0 Å². The fourth-order valence-corrected chi connectivity index (χ4v) is 8.21. The average molecular weight is 743 g/mol. The molecule has 0 amide bonds. The maximum atomic E-state index is 7.48. The predicted molar refractivity (Wildman–Crippen MR) is 232 cm³/mol. The summed E-state index contributed by atoms with van der Waals surface area (Å²) >= 11 is 0. The lowest BCUT2D eigenvalue weighted by Gasteiger charge is -2.41. The van der Waals surface area contributed by atoms with E-state index < -0.39 is 5.41 Å². The summed E-state index contributed by atoms with van der Waals surface area (Å²) in [4.78, 5) is 18.9. The lowest BCUT2D eigenvalue weighted by atomic mass is 9.63. The van der Waals surface area contributed by atoms with Gasteiger partial charge in [-0.2, -0.15) is 0 Å².